The van der Waals surface area contributed by atoms with Crippen LogP contribution in [0.3, 0.4) is 0 Å². The Morgan fingerprint density at radius 2 is 1.70 bits per heavy atom. The van der Waals surface area contributed by atoms with Crippen LogP contribution in [-0.2, 0) is 0 Å². The molecule has 114 valence electrons. The zero-order chi connectivity index (χ0) is 15.1. The molecule has 2 unspecified atom stereocenters. The van der Waals surface area contributed by atoms with Crippen molar-refractivity contribution in [1.29, 1.82) is 0 Å². The van der Waals surface area contributed by atoms with E-state index in [0.717, 1.165) is 19.5 Å². The monoisotopic (exact) mass is 277 g/mol. The molecule has 3 heteroatoms. The second-order valence-corrected chi connectivity index (χ2v) is 5.74. The normalized spacial score (nSPS) is 14.3. The SMILES string of the molecule is CCC(NC)c1ccc(N(CC)C(C)CN(C)C)cc1. The number of nitrogens with one attached hydrogen (secondary N) is 1. The summed E-state index contributed by atoms with van der Waals surface area (Å²) in [5, 5.41) is 3.36. The Morgan fingerprint density at radius 3 is 2.10 bits per heavy atom. The van der Waals surface area contributed by atoms with Crippen LogP contribution in [0.1, 0.15) is 38.8 Å². The molecular weight excluding hydrogens is 246 g/mol. The maximum Gasteiger partial charge on any atom is 0.0388 e. The van der Waals surface area contributed by atoms with Crippen LogP contribution in [0.4, 0.5) is 5.69 Å². The zero-order valence-electron chi connectivity index (χ0n) is 14.0. The summed E-state index contributed by atoms with van der Waals surface area (Å²) in [6.45, 7) is 8.84. The predicted molar refractivity (Wildman–Crippen MR) is 89.6 cm³/mol. The molecule has 3 nitrogen and oxygen atoms in total. The van der Waals surface area contributed by atoms with Gasteiger partial charge in [0, 0.05) is 30.9 Å². The van der Waals surface area contributed by atoms with Crippen molar-refractivity contribution in [3.63, 3.8) is 0 Å². The van der Waals surface area contributed by atoms with Gasteiger partial charge in [-0.25, -0.2) is 0 Å². The van der Waals surface area contributed by atoms with E-state index < -0.39 is 0 Å². The summed E-state index contributed by atoms with van der Waals surface area (Å²) in [5.41, 5.74) is 2.69. The first-order chi connectivity index (χ1) is 9.53. The quantitative estimate of drug-likeness (QED) is 0.787. The molecular formula is C17H31N3. The van der Waals surface area contributed by atoms with E-state index in [2.05, 4.69) is 74.2 Å². The molecule has 0 fully saturated rings. The van der Waals surface area contributed by atoms with Crippen LogP contribution in [-0.4, -0.2) is 45.2 Å². The highest BCUT2D eigenvalue weighted by atomic mass is 15.2. The van der Waals surface area contributed by atoms with Gasteiger partial charge in [0.1, 0.15) is 0 Å². The van der Waals surface area contributed by atoms with Gasteiger partial charge in [0.15, 0.2) is 0 Å². The summed E-state index contributed by atoms with van der Waals surface area (Å²) in [6, 6.07) is 10.00. The van der Waals surface area contributed by atoms with Crippen molar-refractivity contribution in [2.24, 2.45) is 0 Å². The van der Waals surface area contributed by atoms with Gasteiger partial charge in [-0.2, -0.15) is 0 Å². The van der Waals surface area contributed by atoms with Crippen molar-refractivity contribution in [2.45, 2.75) is 39.3 Å². The predicted octanol–water partition coefficient (Wildman–Crippen LogP) is 3.13. The lowest BCUT2D eigenvalue weighted by atomic mass is 10.0. The topological polar surface area (TPSA) is 18.5 Å². The van der Waals surface area contributed by atoms with E-state index in [1.807, 2.05) is 7.05 Å². The van der Waals surface area contributed by atoms with Crippen molar-refractivity contribution in [2.75, 3.05) is 39.1 Å². The first-order valence-electron chi connectivity index (χ1n) is 7.72. The number of nitrogens with zero attached hydrogens (tertiary/aromatic N) is 2. The molecule has 0 saturated heterocycles. The standard InChI is InChI=1S/C17H31N3/c1-7-17(18-4)15-9-11-16(12-10-15)20(8-2)14(3)13-19(5)6/h9-12,14,17-18H,7-8,13H2,1-6H3. The van der Waals surface area contributed by atoms with Crippen LogP contribution in [0.5, 0.6) is 0 Å². The molecule has 1 N–H and O–H groups in total. The average molecular weight is 277 g/mol. The van der Waals surface area contributed by atoms with Gasteiger partial charge < -0.3 is 15.1 Å². The molecule has 0 radical (unpaired) electrons. The number of anilines is 1. The molecule has 0 aliphatic carbocycles. The van der Waals surface area contributed by atoms with Crippen molar-refractivity contribution in [1.82, 2.24) is 10.2 Å². The number of likely N-dealkylation sites (N-methyl/N-ethyl adjacent to an activating group) is 2. The summed E-state index contributed by atoms with van der Waals surface area (Å²) < 4.78 is 0. The zero-order valence-corrected chi connectivity index (χ0v) is 14.0. The van der Waals surface area contributed by atoms with E-state index in [9.17, 15) is 0 Å². The summed E-state index contributed by atoms with van der Waals surface area (Å²) in [5.74, 6) is 0. The largest absolute Gasteiger partial charge is 0.368 e. The third-order valence-electron chi connectivity index (χ3n) is 3.89. The molecule has 0 aromatic heterocycles. The Morgan fingerprint density at radius 1 is 1.10 bits per heavy atom. The van der Waals surface area contributed by atoms with Crippen molar-refractivity contribution in [3.05, 3.63) is 29.8 Å². The van der Waals surface area contributed by atoms with Crippen LogP contribution in [0, 0.1) is 0 Å². The van der Waals surface area contributed by atoms with Gasteiger partial charge in [0.05, 0.1) is 0 Å². The maximum absolute atomic E-state index is 3.36. The van der Waals surface area contributed by atoms with Gasteiger partial charge in [-0.15, -0.1) is 0 Å². The van der Waals surface area contributed by atoms with E-state index in [-0.39, 0.29) is 0 Å². The maximum atomic E-state index is 3.36. The first-order valence-corrected chi connectivity index (χ1v) is 7.72. The molecule has 0 heterocycles. The Hall–Kier alpha value is -1.06. The van der Waals surface area contributed by atoms with Crippen molar-refractivity contribution >= 4 is 5.69 Å². The van der Waals surface area contributed by atoms with Gasteiger partial charge in [-0.1, -0.05) is 19.1 Å². The first kappa shape index (κ1) is 17.0. The molecule has 1 aromatic rings. The van der Waals surface area contributed by atoms with Gasteiger partial charge in [0.25, 0.3) is 0 Å². The van der Waals surface area contributed by atoms with Crippen LogP contribution in [0.2, 0.25) is 0 Å². The van der Waals surface area contributed by atoms with Crippen LogP contribution in [0.15, 0.2) is 24.3 Å². The smallest absolute Gasteiger partial charge is 0.0388 e. The third-order valence-corrected chi connectivity index (χ3v) is 3.89. The minimum Gasteiger partial charge on any atom is -0.368 e. The fraction of sp³-hybridized carbons (Fsp3) is 0.647. The molecule has 0 aliphatic heterocycles. The van der Waals surface area contributed by atoms with Gasteiger partial charge in [-0.05, 0) is 59.1 Å². The summed E-state index contributed by atoms with van der Waals surface area (Å²) in [7, 11) is 6.29. The summed E-state index contributed by atoms with van der Waals surface area (Å²) >= 11 is 0. The lowest BCUT2D eigenvalue weighted by molar-refractivity contribution is 0.373. The highest BCUT2D eigenvalue weighted by Crippen LogP contribution is 2.22. The average Bonchev–Trinajstić information content (AvgIpc) is 2.41. The molecule has 0 aliphatic rings. The van der Waals surface area contributed by atoms with E-state index in [1.165, 1.54) is 11.3 Å². The third kappa shape index (κ3) is 4.50. The van der Waals surface area contributed by atoms with Crippen LogP contribution in [0.25, 0.3) is 0 Å². The molecule has 1 rings (SSSR count). The van der Waals surface area contributed by atoms with E-state index in [0.29, 0.717) is 12.1 Å². The fourth-order valence-corrected chi connectivity index (χ4v) is 2.88. The highest BCUT2D eigenvalue weighted by Gasteiger charge is 2.14. The molecule has 20 heavy (non-hydrogen) atoms. The minimum atomic E-state index is 0.457. The number of hydrogen-bond acceptors (Lipinski definition) is 3. The second-order valence-electron chi connectivity index (χ2n) is 5.74. The molecule has 0 saturated carbocycles. The van der Waals surface area contributed by atoms with E-state index >= 15 is 0 Å². The Balaban J connectivity index is 2.84. The van der Waals surface area contributed by atoms with Gasteiger partial charge in [0.2, 0.25) is 0 Å². The summed E-state index contributed by atoms with van der Waals surface area (Å²) in [6.07, 6.45) is 1.12. The van der Waals surface area contributed by atoms with Crippen molar-refractivity contribution in [3.8, 4) is 0 Å². The molecule has 0 bridgehead atoms. The minimum absolute atomic E-state index is 0.457. The summed E-state index contributed by atoms with van der Waals surface area (Å²) in [4.78, 5) is 4.71. The lowest BCUT2D eigenvalue weighted by Gasteiger charge is -2.32. The van der Waals surface area contributed by atoms with Gasteiger partial charge >= 0.3 is 0 Å². The van der Waals surface area contributed by atoms with Crippen molar-refractivity contribution < 1.29 is 0 Å². The lowest BCUT2D eigenvalue weighted by Crippen LogP contribution is -2.40. The van der Waals surface area contributed by atoms with Crippen LogP contribution >= 0.6 is 0 Å². The molecule has 0 spiro atoms. The number of benzene rings is 1. The Bertz CT molecular complexity index is 368. The highest BCUT2D eigenvalue weighted by molar-refractivity contribution is 5.49. The van der Waals surface area contributed by atoms with Crippen LogP contribution < -0.4 is 10.2 Å². The number of rotatable bonds is 8. The molecule has 0 amide bonds. The van der Waals surface area contributed by atoms with E-state index in [1.54, 1.807) is 0 Å². The molecule has 1 aromatic carbocycles. The molecule has 2 atom stereocenters. The fourth-order valence-electron chi connectivity index (χ4n) is 2.88. The Kier molecular flexibility index (Phi) is 7.03. The number of hydrogen-bond donors (Lipinski definition) is 1. The Labute approximate surface area is 125 Å². The second kappa shape index (κ2) is 8.28. The van der Waals surface area contributed by atoms with E-state index in [4.69, 9.17) is 0 Å². The van der Waals surface area contributed by atoms with Gasteiger partial charge in [-0.3, -0.25) is 0 Å².